The molecule has 0 unspecified atom stereocenters. The molecule has 0 spiro atoms. The Kier molecular flexibility index (Phi) is 6.94. The Morgan fingerprint density at radius 2 is 1.83 bits per heavy atom. The second kappa shape index (κ2) is 10.3. The molecule has 2 aliphatic carbocycles. The van der Waals surface area contributed by atoms with E-state index in [1.807, 2.05) is 18.2 Å². The lowest BCUT2D eigenvalue weighted by Gasteiger charge is -2.43. The first-order chi connectivity index (χ1) is 17.6. The van der Waals surface area contributed by atoms with E-state index in [-0.39, 0.29) is 5.91 Å². The minimum atomic E-state index is 0.00724. The molecule has 1 amide bonds. The summed E-state index contributed by atoms with van der Waals surface area (Å²) in [6, 6.07) is 23.1. The van der Waals surface area contributed by atoms with Gasteiger partial charge in [0.2, 0.25) is 0 Å². The van der Waals surface area contributed by atoms with E-state index in [4.69, 9.17) is 23.2 Å². The number of nitrogens with one attached hydrogen (secondary N) is 2. The third-order valence-electron chi connectivity index (χ3n) is 8.31. The molecule has 0 radical (unpaired) electrons. The fourth-order valence-corrected chi connectivity index (χ4v) is 8.19. The van der Waals surface area contributed by atoms with Gasteiger partial charge in [-0.25, -0.2) is 0 Å². The fourth-order valence-electron chi connectivity index (χ4n) is 6.78. The molecular weight excluding hydrogens is 507 g/mol. The average molecular weight is 538 g/mol. The van der Waals surface area contributed by atoms with Crippen molar-refractivity contribution in [1.82, 2.24) is 5.32 Å². The Labute approximate surface area is 227 Å². The maximum atomic E-state index is 13.0. The summed E-state index contributed by atoms with van der Waals surface area (Å²) in [6.45, 7) is 0.622. The molecule has 6 rings (SSSR count). The van der Waals surface area contributed by atoms with E-state index in [2.05, 4.69) is 53.1 Å². The van der Waals surface area contributed by atoms with Gasteiger partial charge in [0.25, 0.3) is 5.91 Å². The van der Waals surface area contributed by atoms with Crippen molar-refractivity contribution in [3.05, 3.63) is 99.0 Å². The molecule has 2 saturated carbocycles. The quantitative estimate of drug-likeness (QED) is 0.301. The Bertz CT molecular complexity index is 1270. The molecule has 1 heterocycles. The van der Waals surface area contributed by atoms with Gasteiger partial charge >= 0.3 is 0 Å². The minimum Gasteiger partial charge on any atom is -0.378 e. The van der Waals surface area contributed by atoms with Crippen LogP contribution in [0.5, 0.6) is 0 Å². The first kappa shape index (κ1) is 24.2. The summed E-state index contributed by atoms with van der Waals surface area (Å²) >= 11 is 14.0. The van der Waals surface area contributed by atoms with Gasteiger partial charge in [0, 0.05) is 39.3 Å². The highest BCUT2D eigenvalue weighted by Gasteiger charge is 2.53. The van der Waals surface area contributed by atoms with Crippen molar-refractivity contribution in [2.45, 2.75) is 37.0 Å². The lowest BCUT2D eigenvalue weighted by atomic mass is 9.68. The fraction of sp³-hybridized carbons (Fsp3) is 0.367. The van der Waals surface area contributed by atoms with Crippen molar-refractivity contribution in [3.63, 3.8) is 0 Å². The Morgan fingerprint density at radius 1 is 1.00 bits per heavy atom. The van der Waals surface area contributed by atoms with E-state index >= 15 is 0 Å². The van der Waals surface area contributed by atoms with Crippen LogP contribution in [0.15, 0.2) is 66.7 Å². The smallest absolute Gasteiger partial charge is 0.251 e. The predicted octanol–water partition coefficient (Wildman–Crippen LogP) is 7.95. The highest BCUT2D eigenvalue weighted by molar-refractivity contribution is 7.98. The van der Waals surface area contributed by atoms with Crippen molar-refractivity contribution in [2.24, 2.45) is 17.8 Å². The van der Waals surface area contributed by atoms with Gasteiger partial charge in [-0.15, -0.1) is 0 Å². The number of amides is 1. The number of carbonyl (C=O) groups is 1. The average Bonchev–Trinajstić information content (AvgIpc) is 3.52. The van der Waals surface area contributed by atoms with Crippen LogP contribution >= 0.6 is 35.0 Å². The molecule has 3 aliphatic rings. The van der Waals surface area contributed by atoms with Gasteiger partial charge in [-0.05, 0) is 90.0 Å². The number of carbonyl (C=O) groups excluding carboxylic acids is 1. The monoisotopic (exact) mass is 536 g/mol. The Morgan fingerprint density at radius 3 is 2.67 bits per heavy atom. The summed E-state index contributed by atoms with van der Waals surface area (Å²) in [7, 11) is 0. The molecule has 186 valence electrons. The molecule has 0 saturated heterocycles. The number of anilines is 1. The molecule has 2 bridgehead atoms. The van der Waals surface area contributed by atoms with Crippen LogP contribution in [0.4, 0.5) is 5.69 Å². The number of hydrogen-bond acceptors (Lipinski definition) is 3. The van der Waals surface area contributed by atoms with Gasteiger partial charge in [0.15, 0.2) is 0 Å². The van der Waals surface area contributed by atoms with Crippen molar-refractivity contribution in [3.8, 4) is 0 Å². The van der Waals surface area contributed by atoms with Gasteiger partial charge in [-0.1, -0.05) is 59.6 Å². The number of fused-ring (bicyclic) bond motifs is 7. The van der Waals surface area contributed by atoms with Crippen LogP contribution in [-0.4, -0.2) is 18.2 Å². The second-order valence-corrected chi connectivity index (χ2v) is 12.3. The normalized spacial score (nSPS) is 25.7. The third kappa shape index (κ3) is 4.64. The summed E-state index contributed by atoms with van der Waals surface area (Å²) in [4.78, 5) is 13.0. The zero-order chi connectivity index (χ0) is 24.6. The predicted molar refractivity (Wildman–Crippen MR) is 151 cm³/mol. The van der Waals surface area contributed by atoms with Gasteiger partial charge in [-0.3, -0.25) is 4.79 Å². The maximum absolute atomic E-state index is 13.0. The van der Waals surface area contributed by atoms with E-state index in [9.17, 15) is 4.79 Å². The topological polar surface area (TPSA) is 41.1 Å². The second-order valence-electron chi connectivity index (χ2n) is 10.3. The zero-order valence-electron chi connectivity index (χ0n) is 20.1. The first-order valence-corrected chi connectivity index (χ1v) is 14.7. The number of benzene rings is 3. The van der Waals surface area contributed by atoms with Crippen LogP contribution in [-0.2, 0) is 5.75 Å². The van der Waals surface area contributed by atoms with Crippen LogP contribution in [0, 0.1) is 17.8 Å². The van der Waals surface area contributed by atoms with Crippen molar-refractivity contribution < 1.29 is 4.79 Å². The Balaban J connectivity index is 1.12. The van der Waals surface area contributed by atoms with Crippen molar-refractivity contribution in [2.75, 3.05) is 17.6 Å². The van der Waals surface area contributed by atoms with E-state index < -0.39 is 0 Å². The van der Waals surface area contributed by atoms with Crippen molar-refractivity contribution >= 4 is 46.6 Å². The van der Waals surface area contributed by atoms with Crippen LogP contribution in [0.25, 0.3) is 0 Å². The molecule has 3 aromatic carbocycles. The summed E-state index contributed by atoms with van der Waals surface area (Å²) in [5.74, 6) is 4.28. The van der Waals surface area contributed by atoms with E-state index in [0.717, 1.165) is 34.5 Å². The molecule has 36 heavy (non-hydrogen) atoms. The molecule has 5 atom stereocenters. The molecule has 2 N–H and O–H groups in total. The highest BCUT2D eigenvalue weighted by Crippen LogP contribution is 2.63. The van der Waals surface area contributed by atoms with E-state index in [1.165, 1.54) is 36.1 Å². The van der Waals surface area contributed by atoms with Gasteiger partial charge in [-0.2, -0.15) is 11.8 Å². The van der Waals surface area contributed by atoms with Crippen LogP contribution < -0.4 is 10.6 Å². The highest BCUT2D eigenvalue weighted by atomic mass is 35.5. The molecule has 1 aliphatic heterocycles. The van der Waals surface area contributed by atoms with Crippen molar-refractivity contribution in [1.29, 1.82) is 0 Å². The van der Waals surface area contributed by atoms with E-state index in [0.29, 0.717) is 34.5 Å². The number of thioether (sulfide) groups is 1. The third-order valence-corrected chi connectivity index (χ3v) is 9.91. The molecule has 6 heteroatoms. The number of halogens is 2. The van der Waals surface area contributed by atoms with Crippen LogP contribution in [0.3, 0.4) is 0 Å². The Hall–Kier alpha value is -2.14. The number of hydrogen-bond donors (Lipinski definition) is 2. The van der Waals surface area contributed by atoms with Gasteiger partial charge in [0.05, 0.1) is 6.04 Å². The SMILES string of the molecule is O=C(NCCSCc1ccc(Cl)cc1Cl)c1ccc2c(c1)[C@@H]1[C@H]3CC[C@@H](C3)[C@H]1[C@@H](c1ccccc1)N2. The van der Waals surface area contributed by atoms with Gasteiger partial charge in [0.1, 0.15) is 0 Å². The van der Waals surface area contributed by atoms with Crippen LogP contribution in [0.2, 0.25) is 10.0 Å². The molecule has 0 aromatic heterocycles. The zero-order valence-corrected chi connectivity index (χ0v) is 22.4. The largest absolute Gasteiger partial charge is 0.378 e. The molecular formula is C30H30Cl2N2OS. The summed E-state index contributed by atoms with van der Waals surface area (Å²) in [5, 5.41) is 8.31. The maximum Gasteiger partial charge on any atom is 0.251 e. The van der Waals surface area contributed by atoms with E-state index in [1.54, 1.807) is 17.8 Å². The first-order valence-electron chi connectivity index (χ1n) is 12.8. The number of rotatable bonds is 7. The van der Waals surface area contributed by atoms with Crippen LogP contribution in [0.1, 0.15) is 58.3 Å². The lowest BCUT2D eigenvalue weighted by molar-refractivity contribution is 0.0956. The summed E-state index contributed by atoms with van der Waals surface area (Å²) < 4.78 is 0. The summed E-state index contributed by atoms with van der Waals surface area (Å²) in [5.41, 5.74) is 5.75. The molecule has 3 aromatic rings. The molecule has 2 fully saturated rings. The van der Waals surface area contributed by atoms with Gasteiger partial charge < -0.3 is 10.6 Å². The lowest BCUT2D eigenvalue weighted by Crippen LogP contribution is -2.35. The standard InChI is InChI=1S/C30H30Cl2N2OS/c31-23-10-8-22(25(32)16-23)17-36-13-12-33-30(35)21-9-11-26-24(15-21)27-19-6-7-20(14-19)28(27)29(34-26)18-4-2-1-3-5-18/h1-5,8-11,15-16,19-20,27-29,34H,6-7,12-14,17H2,(H,33,35)/t19-,20-,27-,28+,29+/m0/s1. The minimum absolute atomic E-state index is 0.00724. The summed E-state index contributed by atoms with van der Waals surface area (Å²) in [6.07, 6.45) is 3.98. The molecule has 3 nitrogen and oxygen atoms in total.